The zero-order valence-electron chi connectivity index (χ0n) is 13.6. The maximum atomic E-state index is 10.0. The summed E-state index contributed by atoms with van der Waals surface area (Å²) in [5.74, 6) is 0. The molecule has 120 valence electrons. The summed E-state index contributed by atoms with van der Waals surface area (Å²) >= 11 is 0. The van der Waals surface area contributed by atoms with Gasteiger partial charge in [-0.05, 0) is 35.4 Å². The minimum atomic E-state index is 0.729. The first-order valence-electron chi connectivity index (χ1n) is 7.68. The van der Waals surface area contributed by atoms with Gasteiger partial charge in [0.25, 0.3) is 0 Å². The molecule has 0 fully saturated rings. The summed E-state index contributed by atoms with van der Waals surface area (Å²) in [5.41, 5.74) is 4.21. The van der Waals surface area contributed by atoms with E-state index in [9.17, 15) is 4.79 Å². The van der Waals surface area contributed by atoms with Crippen LogP contribution in [0.25, 0.3) is 12.2 Å². The lowest BCUT2D eigenvalue weighted by atomic mass is 10.1. The first kappa shape index (κ1) is 17.2. The minimum absolute atomic E-state index is 0.729. The zero-order chi connectivity index (χ0) is 17.0. The average molecular weight is 316 g/mol. The molecular formula is C21H20N2O. The van der Waals surface area contributed by atoms with Gasteiger partial charge in [0.15, 0.2) is 0 Å². The summed E-state index contributed by atoms with van der Waals surface area (Å²) in [4.78, 5) is 14.0. The van der Waals surface area contributed by atoms with Crippen LogP contribution in [-0.2, 0) is 0 Å². The number of carbonyl (C=O) groups excluding carboxylic acids is 1. The van der Waals surface area contributed by atoms with E-state index >= 15 is 0 Å². The van der Waals surface area contributed by atoms with E-state index in [1.54, 1.807) is 24.5 Å². The molecule has 0 unspecified atom stereocenters. The Bertz CT molecular complexity index is 751. The van der Waals surface area contributed by atoms with Crippen molar-refractivity contribution in [3.05, 3.63) is 95.8 Å². The Labute approximate surface area is 142 Å². The predicted octanol–water partition coefficient (Wildman–Crippen LogP) is 4.79. The lowest BCUT2D eigenvalue weighted by Gasteiger charge is -1.99. The van der Waals surface area contributed by atoms with E-state index in [2.05, 4.69) is 46.7 Å². The summed E-state index contributed by atoms with van der Waals surface area (Å²) in [6.07, 6.45) is 8.60. The molecule has 2 aromatic carbocycles. The SMILES string of the molecule is CNc1ccc(/C=C/c2ccncc2)cc1.O=Cc1ccccc1. The van der Waals surface area contributed by atoms with E-state index < -0.39 is 0 Å². The predicted molar refractivity (Wildman–Crippen MR) is 101 cm³/mol. The van der Waals surface area contributed by atoms with Gasteiger partial charge in [0.1, 0.15) is 6.29 Å². The fourth-order valence-corrected chi connectivity index (χ4v) is 1.96. The van der Waals surface area contributed by atoms with E-state index in [1.165, 1.54) is 5.56 Å². The van der Waals surface area contributed by atoms with Crippen molar-refractivity contribution in [2.24, 2.45) is 0 Å². The number of benzene rings is 2. The Balaban J connectivity index is 0.000000219. The van der Waals surface area contributed by atoms with Crippen LogP contribution in [0.15, 0.2) is 79.1 Å². The Hall–Kier alpha value is -3.20. The second kappa shape index (κ2) is 9.74. The number of aldehydes is 1. The van der Waals surface area contributed by atoms with Crippen molar-refractivity contribution < 1.29 is 4.79 Å². The third-order valence-electron chi connectivity index (χ3n) is 3.31. The molecule has 0 aliphatic rings. The van der Waals surface area contributed by atoms with Crippen LogP contribution < -0.4 is 5.32 Å². The van der Waals surface area contributed by atoms with Gasteiger partial charge in [-0.2, -0.15) is 0 Å². The van der Waals surface area contributed by atoms with E-state index in [4.69, 9.17) is 0 Å². The van der Waals surface area contributed by atoms with Crippen molar-refractivity contribution in [1.82, 2.24) is 4.98 Å². The second-order valence-corrected chi connectivity index (χ2v) is 5.01. The minimum Gasteiger partial charge on any atom is -0.388 e. The van der Waals surface area contributed by atoms with E-state index in [0.29, 0.717) is 0 Å². The molecule has 3 rings (SSSR count). The maximum absolute atomic E-state index is 10.0. The molecule has 24 heavy (non-hydrogen) atoms. The van der Waals surface area contributed by atoms with Crippen molar-refractivity contribution in [1.29, 1.82) is 0 Å². The van der Waals surface area contributed by atoms with E-state index in [-0.39, 0.29) is 0 Å². The van der Waals surface area contributed by atoms with Crippen LogP contribution in [0.5, 0.6) is 0 Å². The molecule has 0 radical (unpaired) electrons. The summed E-state index contributed by atoms with van der Waals surface area (Å²) in [6, 6.07) is 21.4. The molecule has 3 heteroatoms. The highest BCUT2D eigenvalue weighted by Crippen LogP contribution is 2.11. The van der Waals surface area contributed by atoms with Crippen molar-refractivity contribution >= 4 is 24.1 Å². The zero-order valence-corrected chi connectivity index (χ0v) is 13.6. The van der Waals surface area contributed by atoms with Crippen LogP contribution in [0.4, 0.5) is 5.69 Å². The first-order valence-corrected chi connectivity index (χ1v) is 7.68. The van der Waals surface area contributed by atoms with Crippen LogP contribution in [0.3, 0.4) is 0 Å². The molecule has 0 spiro atoms. The highest BCUT2D eigenvalue weighted by atomic mass is 16.1. The molecule has 0 aliphatic heterocycles. The molecule has 3 aromatic rings. The third-order valence-corrected chi connectivity index (χ3v) is 3.31. The third kappa shape index (κ3) is 5.89. The van der Waals surface area contributed by atoms with Gasteiger partial charge in [-0.15, -0.1) is 0 Å². The van der Waals surface area contributed by atoms with Gasteiger partial charge in [-0.1, -0.05) is 54.6 Å². The van der Waals surface area contributed by atoms with E-state index in [1.807, 2.05) is 37.4 Å². The number of nitrogens with zero attached hydrogens (tertiary/aromatic N) is 1. The number of rotatable bonds is 4. The van der Waals surface area contributed by atoms with E-state index in [0.717, 1.165) is 23.1 Å². The number of carbonyl (C=O) groups is 1. The van der Waals surface area contributed by atoms with Crippen molar-refractivity contribution in [2.45, 2.75) is 0 Å². The van der Waals surface area contributed by atoms with Gasteiger partial charge in [0.05, 0.1) is 0 Å². The number of anilines is 1. The average Bonchev–Trinajstić information content (AvgIpc) is 2.69. The van der Waals surface area contributed by atoms with Crippen LogP contribution in [0.2, 0.25) is 0 Å². The van der Waals surface area contributed by atoms with Crippen LogP contribution in [-0.4, -0.2) is 18.3 Å². The van der Waals surface area contributed by atoms with Crippen molar-refractivity contribution in [3.8, 4) is 0 Å². The maximum Gasteiger partial charge on any atom is 0.150 e. The summed E-state index contributed by atoms with van der Waals surface area (Å²) in [7, 11) is 1.92. The highest BCUT2D eigenvalue weighted by Gasteiger charge is 1.89. The summed E-state index contributed by atoms with van der Waals surface area (Å²) in [6.45, 7) is 0. The molecule has 1 aromatic heterocycles. The molecule has 0 amide bonds. The Morgan fingerprint density at radius 3 is 1.83 bits per heavy atom. The molecule has 1 N–H and O–H groups in total. The summed E-state index contributed by atoms with van der Waals surface area (Å²) < 4.78 is 0. The van der Waals surface area contributed by atoms with Gasteiger partial charge in [-0.3, -0.25) is 9.78 Å². The van der Waals surface area contributed by atoms with Gasteiger partial charge in [-0.25, -0.2) is 0 Å². The molecule has 3 nitrogen and oxygen atoms in total. The Morgan fingerprint density at radius 1 is 0.750 bits per heavy atom. The smallest absolute Gasteiger partial charge is 0.150 e. The number of hydrogen-bond acceptors (Lipinski definition) is 3. The normalized spacial score (nSPS) is 9.88. The number of aromatic nitrogens is 1. The van der Waals surface area contributed by atoms with Crippen LogP contribution in [0.1, 0.15) is 21.5 Å². The molecule has 0 bridgehead atoms. The first-order chi connectivity index (χ1) is 11.8. The van der Waals surface area contributed by atoms with Crippen LogP contribution >= 0.6 is 0 Å². The fourth-order valence-electron chi connectivity index (χ4n) is 1.96. The van der Waals surface area contributed by atoms with Crippen LogP contribution in [0, 0.1) is 0 Å². The van der Waals surface area contributed by atoms with Gasteiger partial charge >= 0.3 is 0 Å². The molecule has 1 heterocycles. The molecule has 0 saturated carbocycles. The highest BCUT2D eigenvalue weighted by molar-refractivity contribution is 5.74. The van der Waals surface area contributed by atoms with Gasteiger partial charge in [0.2, 0.25) is 0 Å². The molecular weight excluding hydrogens is 296 g/mol. The lowest BCUT2D eigenvalue weighted by Crippen LogP contribution is -1.86. The monoisotopic (exact) mass is 316 g/mol. The van der Waals surface area contributed by atoms with Crippen molar-refractivity contribution in [2.75, 3.05) is 12.4 Å². The standard InChI is InChI=1S/C14H14N2.C7H6O/c1-15-14-6-4-12(5-7-14)2-3-13-8-10-16-11-9-13;8-6-7-4-2-1-3-5-7/h2-11,15H,1H3;1-6H/b3-2+;. The van der Waals surface area contributed by atoms with Crippen molar-refractivity contribution in [3.63, 3.8) is 0 Å². The number of hydrogen-bond donors (Lipinski definition) is 1. The Morgan fingerprint density at radius 2 is 1.33 bits per heavy atom. The number of nitrogens with one attached hydrogen (secondary N) is 1. The molecule has 0 atom stereocenters. The number of pyridine rings is 1. The Kier molecular flexibility index (Phi) is 6.97. The quantitative estimate of drug-likeness (QED) is 0.703. The second-order valence-electron chi connectivity index (χ2n) is 5.01. The van der Waals surface area contributed by atoms with Gasteiger partial charge in [0, 0.05) is 30.7 Å². The fraction of sp³-hybridized carbons (Fsp3) is 0.0476. The van der Waals surface area contributed by atoms with Gasteiger partial charge < -0.3 is 5.32 Å². The largest absolute Gasteiger partial charge is 0.388 e. The molecule has 0 aliphatic carbocycles. The summed E-state index contributed by atoms with van der Waals surface area (Å²) in [5, 5.41) is 3.10. The lowest BCUT2D eigenvalue weighted by molar-refractivity contribution is 0.112. The molecule has 0 saturated heterocycles. The topological polar surface area (TPSA) is 42.0 Å².